The van der Waals surface area contributed by atoms with Gasteiger partial charge in [0.2, 0.25) is 5.88 Å². The van der Waals surface area contributed by atoms with Gasteiger partial charge in [-0.05, 0) is 54.8 Å². The van der Waals surface area contributed by atoms with Gasteiger partial charge in [-0.3, -0.25) is 4.79 Å². The molecule has 0 bridgehead atoms. The van der Waals surface area contributed by atoms with Crippen molar-refractivity contribution in [3.63, 3.8) is 0 Å². The van der Waals surface area contributed by atoms with Crippen LogP contribution in [0.3, 0.4) is 0 Å². The standard InChI is InChI=1S/C25H20F5N3O4/c26-17-5-4-16(25(28,29)30)11-20(17)33-23(36)32-19-6-2-14(10-18(19)27)15-3-7-21(31-12-15)37-13-24(22(34)35)8-1-9-24/h2-7,10-12H,1,8-9,13H2,(H,34,35)(H2,32,33,36). The number of pyridine rings is 1. The number of halogens is 5. The minimum atomic E-state index is -4.74. The quantitative estimate of drug-likeness (QED) is 0.316. The number of anilines is 2. The third-order valence-electron chi connectivity index (χ3n) is 6.09. The number of ether oxygens (including phenoxy) is 1. The number of nitrogens with one attached hydrogen (secondary N) is 2. The van der Waals surface area contributed by atoms with E-state index in [0.717, 1.165) is 12.5 Å². The molecule has 0 unspecified atom stereocenters. The maximum atomic E-state index is 14.6. The van der Waals surface area contributed by atoms with E-state index in [0.29, 0.717) is 42.2 Å². The minimum Gasteiger partial charge on any atom is -0.481 e. The molecule has 7 nitrogen and oxygen atoms in total. The summed E-state index contributed by atoms with van der Waals surface area (Å²) in [6.45, 7) is -0.00383. The second-order valence-corrected chi connectivity index (χ2v) is 8.58. The Balaban J connectivity index is 1.39. The highest BCUT2D eigenvalue weighted by molar-refractivity contribution is 6.00. The Hall–Kier alpha value is -4.22. The molecule has 12 heteroatoms. The molecule has 1 aromatic heterocycles. The number of carbonyl (C=O) groups excluding carboxylic acids is 1. The maximum absolute atomic E-state index is 14.6. The molecular formula is C25H20F5N3O4. The normalized spacial score (nSPS) is 14.4. The van der Waals surface area contributed by atoms with Crippen LogP contribution in [0, 0.1) is 17.0 Å². The van der Waals surface area contributed by atoms with E-state index in [1.54, 1.807) is 6.07 Å². The van der Waals surface area contributed by atoms with Crippen molar-refractivity contribution in [3.8, 4) is 17.0 Å². The number of carbonyl (C=O) groups is 2. The first-order valence-electron chi connectivity index (χ1n) is 11.0. The number of hydrogen-bond donors (Lipinski definition) is 3. The summed E-state index contributed by atoms with van der Waals surface area (Å²) in [7, 11) is 0. The lowest BCUT2D eigenvalue weighted by Gasteiger charge is -2.36. The average molecular weight is 521 g/mol. The van der Waals surface area contributed by atoms with Gasteiger partial charge in [-0.15, -0.1) is 0 Å². The van der Waals surface area contributed by atoms with Gasteiger partial charge in [0.25, 0.3) is 0 Å². The van der Waals surface area contributed by atoms with Gasteiger partial charge < -0.3 is 20.5 Å². The largest absolute Gasteiger partial charge is 0.481 e. The summed E-state index contributed by atoms with van der Waals surface area (Å²) in [6, 6.07) is 7.30. The van der Waals surface area contributed by atoms with Crippen LogP contribution in [0.5, 0.6) is 5.88 Å². The van der Waals surface area contributed by atoms with Crippen molar-refractivity contribution in [2.45, 2.75) is 25.4 Å². The van der Waals surface area contributed by atoms with Crippen LogP contribution < -0.4 is 15.4 Å². The highest BCUT2D eigenvalue weighted by Gasteiger charge is 2.45. The lowest BCUT2D eigenvalue weighted by Crippen LogP contribution is -2.43. The van der Waals surface area contributed by atoms with Crippen molar-refractivity contribution >= 4 is 23.4 Å². The van der Waals surface area contributed by atoms with Crippen LogP contribution >= 0.6 is 0 Å². The van der Waals surface area contributed by atoms with Gasteiger partial charge in [0.15, 0.2) is 0 Å². The molecule has 3 aromatic rings. The lowest BCUT2D eigenvalue weighted by atomic mass is 9.69. The third kappa shape index (κ3) is 5.79. The molecule has 0 atom stereocenters. The van der Waals surface area contributed by atoms with Gasteiger partial charge >= 0.3 is 18.2 Å². The first kappa shape index (κ1) is 25.9. The molecule has 0 saturated heterocycles. The van der Waals surface area contributed by atoms with Gasteiger partial charge in [-0.2, -0.15) is 13.2 Å². The summed E-state index contributed by atoms with van der Waals surface area (Å²) in [5, 5.41) is 13.4. The number of benzene rings is 2. The van der Waals surface area contributed by atoms with Crippen molar-refractivity contribution in [2.24, 2.45) is 5.41 Å². The Morgan fingerprint density at radius 3 is 2.22 bits per heavy atom. The van der Waals surface area contributed by atoms with Gasteiger partial charge in [0, 0.05) is 17.8 Å². The zero-order valence-electron chi connectivity index (χ0n) is 19.0. The smallest absolute Gasteiger partial charge is 0.416 e. The number of hydrogen-bond acceptors (Lipinski definition) is 4. The molecule has 0 spiro atoms. The van der Waals surface area contributed by atoms with Gasteiger partial charge in [0.05, 0.1) is 16.9 Å². The maximum Gasteiger partial charge on any atom is 0.416 e. The molecular weight excluding hydrogens is 501 g/mol. The molecule has 4 rings (SSSR count). The van der Waals surface area contributed by atoms with Crippen molar-refractivity contribution in [1.29, 1.82) is 0 Å². The SMILES string of the molecule is O=C(Nc1ccc(-c2ccc(OCC3(C(=O)O)CCC3)nc2)cc1F)Nc1cc(C(F)(F)F)ccc1F. The number of aliphatic carboxylic acids is 1. The van der Waals surface area contributed by atoms with Crippen LogP contribution in [0.2, 0.25) is 0 Å². The fraction of sp³-hybridized carbons (Fsp3) is 0.240. The fourth-order valence-corrected chi connectivity index (χ4v) is 3.74. The van der Waals surface area contributed by atoms with Crippen LogP contribution in [0.4, 0.5) is 38.1 Å². The molecule has 194 valence electrons. The van der Waals surface area contributed by atoms with E-state index in [2.05, 4.69) is 10.3 Å². The first-order chi connectivity index (χ1) is 17.5. The van der Waals surface area contributed by atoms with Gasteiger partial charge in [-0.25, -0.2) is 18.6 Å². The summed E-state index contributed by atoms with van der Waals surface area (Å²) >= 11 is 0. The molecule has 3 N–H and O–H groups in total. The van der Waals surface area contributed by atoms with Gasteiger partial charge in [-0.1, -0.05) is 12.5 Å². The van der Waals surface area contributed by atoms with Crippen molar-refractivity contribution in [2.75, 3.05) is 17.2 Å². The van der Waals surface area contributed by atoms with E-state index in [1.165, 1.54) is 24.4 Å². The number of rotatable bonds is 7. The summed E-state index contributed by atoms with van der Waals surface area (Å²) in [5.41, 5.74) is -2.16. The Kier molecular flexibility index (Phi) is 7.01. The Labute approximate surface area is 207 Å². The van der Waals surface area contributed by atoms with Crippen LogP contribution in [-0.2, 0) is 11.0 Å². The topological polar surface area (TPSA) is 101 Å². The number of carboxylic acids is 1. The van der Waals surface area contributed by atoms with Crippen LogP contribution in [0.25, 0.3) is 11.1 Å². The number of nitrogens with zero attached hydrogens (tertiary/aromatic N) is 1. The molecule has 1 aliphatic rings. The Morgan fingerprint density at radius 2 is 1.65 bits per heavy atom. The highest BCUT2D eigenvalue weighted by atomic mass is 19.4. The molecule has 0 radical (unpaired) electrons. The van der Waals surface area contributed by atoms with Crippen molar-refractivity contribution < 1.29 is 41.4 Å². The number of alkyl halides is 3. The molecule has 0 aliphatic heterocycles. The number of amides is 2. The second-order valence-electron chi connectivity index (χ2n) is 8.58. The second kappa shape index (κ2) is 10.0. The van der Waals surface area contributed by atoms with E-state index in [1.807, 2.05) is 5.32 Å². The van der Waals surface area contributed by atoms with E-state index in [-0.39, 0.29) is 18.2 Å². The van der Waals surface area contributed by atoms with Crippen molar-refractivity contribution in [3.05, 3.63) is 71.9 Å². The monoisotopic (exact) mass is 521 g/mol. The molecule has 37 heavy (non-hydrogen) atoms. The Bertz CT molecular complexity index is 1320. The van der Waals surface area contributed by atoms with E-state index < -0.39 is 46.5 Å². The zero-order valence-corrected chi connectivity index (χ0v) is 19.0. The van der Waals surface area contributed by atoms with Crippen LogP contribution in [0.15, 0.2) is 54.7 Å². The van der Waals surface area contributed by atoms with Crippen LogP contribution in [0.1, 0.15) is 24.8 Å². The molecule has 1 saturated carbocycles. The van der Waals surface area contributed by atoms with Crippen LogP contribution in [-0.4, -0.2) is 28.7 Å². The van der Waals surface area contributed by atoms with Crippen molar-refractivity contribution in [1.82, 2.24) is 4.98 Å². The Morgan fingerprint density at radius 1 is 0.946 bits per heavy atom. The third-order valence-corrected chi connectivity index (χ3v) is 6.09. The molecule has 1 aliphatic carbocycles. The van der Waals surface area contributed by atoms with E-state index in [4.69, 9.17) is 4.74 Å². The van der Waals surface area contributed by atoms with E-state index >= 15 is 0 Å². The molecule has 1 heterocycles. The molecule has 1 fully saturated rings. The minimum absolute atomic E-state index is 0.00383. The number of urea groups is 1. The zero-order chi connectivity index (χ0) is 26.8. The summed E-state index contributed by atoms with van der Waals surface area (Å²) in [4.78, 5) is 27.7. The lowest BCUT2D eigenvalue weighted by molar-refractivity contribution is -0.157. The predicted molar refractivity (Wildman–Crippen MR) is 123 cm³/mol. The van der Waals surface area contributed by atoms with E-state index in [9.17, 15) is 36.6 Å². The summed E-state index contributed by atoms with van der Waals surface area (Å²) in [6.07, 6.45) is -1.43. The number of aromatic nitrogens is 1. The predicted octanol–water partition coefficient (Wildman–Crippen LogP) is 6.32. The summed E-state index contributed by atoms with van der Waals surface area (Å²) < 4.78 is 72.5. The molecule has 2 amide bonds. The highest BCUT2D eigenvalue weighted by Crippen LogP contribution is 2.41. The first-order valence-corrected chi connectivity index (χ1v) is 11.0. The molecule has 2 aromatic carbocycles. The number of carboxylic acid groups (broad SMARTS) is 1. The van der Waals surface area contributed by atoms with Gasteiger partial charge in [0.1, 0.15) is 23.7 Å². The summed E-state index contributed by atoms with van der Waals surface area (Å²) in [5.74, 6) is -2.64. The fourth-order valence-electron chi connectivity index (χ4n) is 3.74. The average Bonchev–Trinajstić information content (AvgIpc) is 2.80.